The van der Waals surface area contributed by atoms with E-state index in [9.17, 15) is 0 Å². The molecular weight excluding hydrogens is 384 g/mol. The minimum atomic E-state index is 0.582. The lowest BCUT2D eigenvalue weighted by molar-refractivity contribution is 0.322. The van der Waals surface area contributed by atoms with Crippen molar-refractivity contribution >= 4 is 32.5 Å². The van der Waals surface area contributed by atoms with E-state index in [1.807, 2.05) is 36.4 Å². The molecule has 0 fully saturated rings. The number of benzene rings is 2. The maximum atomic E-state index is 5.54. The van der Waals surface area contributed by atoms with Crippen LogP contribution in [0.25, 0.3) is 10.9 Å². The number of anilines is 1. The summed E-state index contributed by atoms with van der Waals surface area (Å²) in [6.45, 7) is 0.582. The van der Waals surface area contributed by atoms with Crippen molar-refractivity contribution in [1.29, 1.82) is 0 Å². The van der Waals surface area contributed by atoms with Crippen molar-refractivity contribution in [1.82, 2.24) is 4.98 Å². The summed E-state index contributed by atoms with van der Waals surface area (Å²) in [5, 5.41) is 4.52. The van der Waals surface area contributed by atoms with E-state index in [4.69, 9.17) is 14.2 Å². The molecule has 1 aromatic heterocycles. The molecule has 130 valence electrons. The Balaban J connectivity index is 1.92. The van der Waals surface area contributed by atoms with Crippen LogP contribution in [0.5, 0.6) is 17.2 Å². The summed E-state index contributed by atoms with van der Waals surface area (Å²) >= 11 is 3.48. The molecule has 0 unspecified atom stereocenters. The number of ether oxygens (including phenoxy) is 3. The SMILES string of the molecule is COc1ccc(CNc2ccnc3cc(Br)ccc23)c(OC)c1OC. The number of nitrogens with one attached hydrogen (secondary N) is 1. The maximum Gasteiger partial charge on any atom is 0.203 e. The first-order valence-corrected chi connectivity index (χ1v) is 8.53. The standard InChI is InChI=1S/C19H19BrN2O3/c1-23-17-7-4-12(18(24-2)19(17)25-3)11-22-15-8-9-21-16-10-13(20)5-6-14(15)16/h4-10H,11H2,1-3H3,(H,21,22). The molecule has 2 aromatic carbocycles. The number of pyridine rings is 1. The topological polar surface area (TPSA) is 52.6 Å². The van der Waals surface area contributed by atoms with Gasteiger partial charge in [-0.25, -0.2) is 0 Å². The number of fused-ring (bicyclic) bond motifs is 1. The average Bonchev–Trinajstić information content (AvgIpc) is 2.64. The number of hydrogen-bond donors (Lipinski definition) is 1. The maximum absolute atomic E-state index is 5.54. The molecule has 1 N–H and O–H groups in total. The van der Waals surface area contributed by atoms with Crippen LogP contribution in [-0.2, 0) is 6.54 Å². The molecule has 0 aliphatic carbocycles. The van der Waals surface area contributed by atoms with E-state index >= 15 is 0 Å². The molecule has 3 aromatic rings. The van der Waals surface area contributed by atoms with Gasteiger partial charge in [0.15, 0.2) is 11.5 Å². The molecule has 0 bridgehead atoms. The number of methoxy groups -OCH3 is 3. The van der Waals surface area contributed by atoms with Crippen LogP contribution < -0.4 is 19.5 Å². The fraction of sp³-hybridized carbons (Fsp3) is 0.211. The molecule has 0 aliphatic heterocycles. The van der Waals surface area contributed by atoms with E-state index < -0.39 is 0 Å². The second-order valence-electron chi connectivity index (χ2n) is 5.37. The minimum absolute atomic E-state index is 0.582. The van der Waals surface area contributed by atoms with Gasteiger partial charge < -0.3 is 19.5 Å². The fourth-order valence-electron chi connectivity index (χ4n) is 2.77. The molecule has 0 saturated carbocycles. The summed E-state index contributed by atoms with van der Waals surface area (Å²) in [6, 6.07) is 11.8. The monoisotopic (exact) mass is 402 g/mol. The predicted molar refractivity (Wildman–Crippen MR) is 103 cm³/mol. The van der Waals surface area contributed by atoms with Gasteiger partial charge in [-0.1, -0.05) is 15.9 Å². The number of aromatic nitrogens is 1. The van der Waals surface area contributed by atoms with Gasteiger partial charge in [-0.2, -0.15) is 0 Å². The van der Waals surface area contributed by atoms with Gasteiger partial charge in [-0.15, -0.1) is 0 Å². The van der Waals surface area contributed by atoms with E-state index in [1.54, 1.807) is 27.5 Å². The van der Waals surface area contributed by atoms with E-state index in [0.29, 0.717) is 23.8 Å². The highest BCUT2D eigenvalue weighted by molar-refractivity contribution is 9.10. The van der Waals surface area contributed by atoms with E-state index in [0.717, 1.165) is 26.6 Å². The summed E-state index contributed by atoms with van der Waals surface area (Å²) in [5.41, 5.74) is 2.91. The van der Waals surface area contributed by atoms with Gasteiger partial charge in [0.05, 0.1) is 26.8 Å². The summed E-state index contributed by atoms with van der Waals surface area (Å²) in [6.07, 6.45) is 1.79. The molecular formula is C19H19BrN2O3. The third-order valence-electron chi connectivity index (χ3n) is 3.96. The highest BCUT2D eigenvalue weighted by Crippen LogP contribution is 2.40. The first-order valence-electron chi connectivity index (χ1n) is 7.74. The lowest BCUT2D eigenvalue weighted by atomic mass is 10.1. The summed E-state index contributed by atoms with van der Waals surface area (Å²) in [5.74, 6) is 1.89. The third kappa shape index (κ3) is 3.49. The van der Waals surface area contributed by atoms with Crippen LogP contribution in [0.4, 0.5) is 5.69 Å². The second-order valence-corrected chi connectivity index (χ2v) is 6.28. The Hall–Kier alpha value is -2.47. The van der Waals surface area contributed by atoms with E-state index in [-0.39, 0.29) is 0 Å². The smallest absolute Gasteiger partial charge is 0.203 e. The van der Waals surface area contributed by atoms with Crippen LogP contribution in [-0.4, -0.2) is 26.3 Å². The van der Waals surface area contributed by atoms with Crippen LogP contribution in [0.15, 0.2) is 47.1 Å². The Morgan fingerprint density at radius 2 is 1.76 bits per heavy atom. The molecule has 3 rings (SSSR count). The molecule has 0 radical (unpaired) electrons. The van der Waals surface area contributed by atoms with Crippen LogP contribution in [0.3, 0.4) is 0 Å². The lowest BCUT2D eigenvalue weighted by Gasteiger charge is -2.17. The normalized spacial score (nSPS) is 10.6. The van der Waals surface area contributed by atoms with Gasteiger partial charge in [-0.3, -0.25) is 4.98 Å². The van der Waals surface area contributed by atoms with Crippen molar-refractivity contribution in [2.45, 2.75) is 6.54 Å². The van der Waals surface area contributed by atoms with Gasteiger partial charge >= 0.3 is 0 Å². The summed E-state index contributed by atoms with van der Waals surface area (Å²) < 4.78 is 17.3. The molecule has 6 heteroatoms. The Morgan fingerprint density at radius 3 is 2.48 bits per heavy atom. The van der Waals surface area contributed by atoms with Crippen LogP contribution in [0.2, 0.25) is 0 Å². The quantitative estimate of drug-likeness (QED) is 0.650. The lowest BCUT2D eigenvalue weighted by Crippen LogP contribution is -2.04. The molecule has 25 heavy (non-hydrogen) atoms. The molecule has 0 atom stereocenters. The Kier molecular flexibility index (Phi) is 5.28. The zero-order valence-electron chi connectivity index (χ0n) is 14.3. The van der Waals surface area contributed by atoms with Crippen molar-refractivity contribution in [2.75, 3.05) is 26.6 Å². The van der Waals surface area contributed by atoms with Gasteiger partial charge in [0.25, 0.3) is 0 Å². The molecule has 0 saturated heterocycles. The zero-order chi connectivity index (χ0) is 17.8. The Morgan fingerprint density at radius 1 is 0.960 bits per heavy atom. The van der Waals surface area contributed by atoms with E-state index in [2.05, 4.69) is 26.2 Å². The summed E-state index contributed by atoms with van der Waals surface area (Å²) in [7, 11) is 4.84. The first kappa shape index (κ1) is 17.4. The Bertz CT molecular complexity index is 899. The molecule has 0 aliphatic rings. The molecule has 5 nitrogen and oxygen atoms in total. The number of halogens is 1. The zero-order valence-corrected chi connectivity index (χ0v) is 15.9. The number of nitrogens with zero attached hydrogens (tertiary/aromatic N) is 1. The highest BCUT2D eigenvalue weighted by atomic mass is 79.9. The van der Waals surface area contributed by atoms with Gasteiger partial charge in [-0.05, 0) is 36.4 Å². The predicted octanol–water partition coefficient (Wildman–Crippen LogP) is 4.64. The molecule has 0 spiro atoms. The molecule has 0 amide bonds. The van der Waals surface area contributed by atoms with Crippen molar-refractivity contribution in [3.05, 3.63) is 52.6 Å². The van der Waals surface area contributed by atoms with Crippen molar-refractivity contribution in [3.63, 3.8) is 0 Å². The van der Waals surface area contributed by atoms with Crippen LogP contribution >= 0.6 is 15.9 Å². The minimum Gasteiger partial charge on any atom is -0.493 e. The van der Waals surface area contributed by atoms with Gasteiger partial charge in [0, 0.05) is 33.9 Å². The fourth-order valence-corrected chi connectivity index (χ4v) is 3.12. The first-order chi connectivity index (χ1) is 12.2. The van der Waals surface area contributed by atoms with Crippen LogP contribution in [0, 0.1) is 0 Å². The average molecular weight is 403 g/mol. The number of rotatable bonds is 6. The highest BCUT2D eigenvalue weighted by Gasteiger charge is 2.15. The van der Waals surface area contributed by atoms with Crippen molar-refractivity contribution in [3.8, 4) is 17.2 Å². The van der Waals surface area contributed by atoms with E-state index in [1.165, 1.54) is 0 Å². The van der Waals surface area contributed by atoms with Crippen molar-refractivity contribution in [2.24, 2.45) is 0 Å². The van der Waals surface area contributed by atoms with Gasteiger partial charge in [0.1, 0.15) is 0 Å². The third-order valence-corrected chi connectivity index (χ3v) is 4.45. The van der Waals surface area contributed by atoms with Gasteiger partial charge in [0.2, 0.25) is 5.75 Å². The Labute approximate surface area is 155 Å². The number of hydrogen-bond acceptors (Lipinski definition) is 5. The van der Waals surface area contributed by atoms with Crippen LogP contribution in [0.1, 0.15) is 5.56 Å². The van der Waals surface area contributed by atoms with Crippen molar-refractivity contribution < 1.29 is 14.2 Å². The molecule has 1 heterocycles. The second kappa shape index (κ2) is 7.61. The largest absolute Gasteiger partial charge is 0.493 e. The summed E-state index contributed by atoms with van der Waals surface area (Å²) in [4.78, 5) is 4.41.